The summed E-state index contributed by atoms with van der Waals surface area (Å²) in [4.78, 5) is 26.4. The van der Waals surface area contributed by atoms with Gasteiger partial charge in [-0.25, -0.2) is 0 Å². The summed E-state index contributed by atoms with van der Waals surface area (Å²) in [5.41, 5.74) is 1.43. The summed E-state index contributed by atoms with van der Waals surface area (Å²) in [5.74, 6) is 0.0610. The molecular weight excluding hydrogens is 375 g/mol. The summed E-state index contributed by atoms with van der Waals surface area (Å²) in [6, 6.07) is 12.5. The molecule has 0 bridgehead atoms. The molecule has 0 radical (unpaired) electrons. The highest BCUT2D eigenvalue weighted by molar-refractivity contribution is 6.44. The molecule has 1 saturated heterocycles. The Kier molecular flexibility index (Phi) is 5.69. The average Bonchev–Trinajstić information content (AvgIpc) is 3.00. The van der Waals surface area contributed by atoms with E-state index in [1.807, 2.05) is 24.3 Å². The summed E-state index contributed by atoms with van der Waals surface area (Å²) in [6.45, 7) is 0.833. The zero-order chi connectivity index (χ0) is 18.7. The Bertz CT molecular complexity index is 824. The van der Waals surface area contributed by atoms with Crippen LogP contribution in [0.2, 0.25) is 10.0 Å². The maximum Gasteiger partial charge on any atom is 0.229 e. The third-order valence-electron chi connectivity index (χ3n) is 4.33. The Morgan fingerprint density at radius 1 is 1.23 bits per heavy atom. The number of hydrogen-bond donors (Lipinski definition) is 1. The first-order valence-electron chi connectivity index (χ1n) is 8.13. The van der Waals surface area contributed by atoms with E-state index in [1.54, 1.807) is 30.2 Å². The van der Waals surface area contributed by atoms with E-state index in [4.69, 9.17) is 27.9 Å². The Morgan fingerprint density at radius 3 is 2.65 bits per heavy atom. The van der Waals surface area contributed by atoms with Crippen molar-refractivity contribution < 1.29 is 14.3 Å². The van der Waals surface area contributed by atoms with E-state index in [0.717, 1.165) is 11.3 Å². The van der Waals surface area contributed by atoms with Gasteiger partial charge in [0.15, 0.2) is 0 Å². The van der Waals surface area contributed by atoms with Crippen molar-refractivity contribution in [1.29, 1.82) is 0 Å². The van der Waals surface area contributed by atoms with E-state index < -0.39 is 5.92 Å². The number of anilines is 1. The van der Waals surface area contributed by atoms with Crippen molar-refractivity contribution in [3.8, 4) is 5.75 Å². The molecule has 0 aromatic heterocycles. The molecule has 26 heavy (non-hydrogen) atoms. The summed E-state index contributed by atoms with van der Waals surface area (Å²) in [6.07, 6.45) is 0.181. The van der Waals surface area contributed by atoms with Gasteiger partial charge in [0, 0.05) is 19.5 Å². The number of carbonyl (C=O) groups excluding carboxylic acids is 2. The average molecular weight is 393 g/mol. The summed E-state index contributed by atoms with van der Waals surface area (Å²) in [5, 5.41) is 3.42. The van der Waals surface area contributed by atoms with Crippen LogP contribution in [0.15, 0.2) is 42.5 Å². The van der Waals surface area contributed by atoms with Crippen LogP contribution >= 0.6 is 23.2 Å². The largest absolute Gasteiger partial charge is 0.497 e. The molecule has 3 rings (SSSR count). The van der Waals surface area contributed by atoms with E-state index in [1.165, 1.54) is 0 Å². The predicted octanol–water partition coefficient (Wildman–Crippen LogP) is 3.99. The lowest BCUT2D eigenvalue weighted by Crippen LogP contribution is -2.28. The summed E-state index contributed by atoms with van der Waals surface area (Å²) in [7, 11) is 1.61. The van der Waals surface area contributed by atoms with Crippen molar-refractivity contribution in [1.82, 2.24) is 4.90 Å². The molecule has 7 heteroatoms. The molecule has 5 nitrogen and oxygen atoms in total. The summed E-state index contributed by atoms with van der Waals surface area (Å²) < 4.78 is 5.13. The van der Waals surface area contributed by atoms with E-state index >= 15 is 0 Å². The minimum atomic E-state index is -0.421. The van der Waals surface area contributed by atoms with Gasteiger partial charge in [-0.2, -0.15) is 0 Å². The third kappa shape index (κ3) is 4.11. The van der Waals surface area contributed by atoms with E-state index in [0.29, 0.717) is 28.8 Å². The SMILES string of the molecule is COc1ccc(CN2C[C@@H](C(=O)Nc3cccc(Cl)c3Cl)CC2=O)cc1. The lowest BCUT2D eigenvalue weighted by Gasteiger charge is -2.17. The van der Waals surface area contributed by atoms with Gasteiger partial charge in [0.2, 0.25) is 11.8 Å². The molecule has 2 amide bonds. The first kappa shape index (κ1) is 18.5. The van der Waals surface area contributed by atoms with Crippen molar-refractivity contribution >= 4 is 40.7 Å². The van der Waals surface area contributed by atoms with Gasteiger partial charge < -0.3 is 15.0 Å². The number of nitrogens with zero attached hydrogens (tertiary/aromatic N) is 1. The number of rotatable bonds is 5. The Labute approximate surface area is 161 Å². The number of ether oxygens (including phenoxy) is 1. The van der Waals surface area contributed by atoms with Gasteiger partial charge in [0.25, 0.3) is 0 Å². The zero-order valence-electron chi connectivity index (χ0n) is 14.2. The maximum absolute atomic E-state index is 12.5. The van der Waals surface area contributed by atoms with Gasteiger partial charge in [-0.3, -0.25) is 9.59 Å². The quantitative estimate of drug-likeness (QED) is 0.836. The van der Waals surface area contributed by atoms with Crippen LogP contribution in [0, 0.1) is 5.92 Å². The molecule has 0 aliphatic carbocycles. The number of amides is 2. The van der Waals surface area contributed by atoms with Gasteiger partial charge >= 0.3 is 0 Å². The van der Waals surface area contributed by atoms with Gasteiger partial charge in [0.05, 0.1) is 28.8 Å². The van der Waals surface area contributed by atoms with Crippen molar-refractivity contribution in [3.63, 3.8) is 0 Å². The van der Waals surface area contributed by atoms with Gasteiger partial charge in [-0.15, -0.1) is 0 Å². The fourth-order valence-corrected chi connectivity index (χ4v) is 3.23. The minimum Gasteiger partial charge on any atom is -0.497 e. The second-order valence-corrected chi connectivity index (χ2v) is 6.90. The first-order chi connectivity index (χ1) is 12.5. The van der Waals surface area contributed by atoms with Crippen LogP contribution in [-0.2, 0) is 16.1 Å². The fraction of sp³-hybridized carbons (Fsp3) is 0.263. The molecule has 1 N–H and O–H groups in total. The molecule has 0 spiro atoms. The molecule has 2 aromatic carbocycles. The van der Waals surface area contributed by atoms with Crippen LogP contribution in [0.3, 0.4) is 0 Å². The number of benzene rings is 2. The number of halogens is 2. The molecule has 1 aliphatic heterocycles. The van der Waals surface area contributed by atoms with Crippen molar-refractivity contribution in [3.05, 3.63) is 58.1 Å². The van der Waals surface area contributed by atoms with E-state index in [-0.39, 0.29) is 18.2 Å². The first-order valence-corrected chi connectivity index (χ1v) is 8.89. The van der Waals surface area contributed by atoms with Crippen LogP contribution in [0.1, 0.15) is 12.0 Å². The number of methoxy groups -OCH3 is 1. The molecule has 1 fully saturated rings. The van der Waals surface area contributed by atoms with Gasteiger partial charge in [-0.1, -0.05) is 41.4 Å². The fourth-order valence-electron chi connectivity index (χ4n) is 2.89. The van der Waals surface area contributed by atoms with E-state index in [9.17, 15) is 9.59 Å². The molecule has 1 aliphatic rings. The minimum absolute atomic E-state index is 0.0434. The van der Waals surface area contributed by atoms with Gasteiger partial charge in [-0.05, 0) is 29.8 Å². The molecule has 1 atom stereocenters. The number of likely N-dealkylation sites (tertiary alicyclic amines) is 1. The smallest absolute Gasteiger partial charge is 0.229 e. The second kappa shape index (κ2) is 7.98. The predicted molar refractivity (Wildman–Crippen MR) is 102 cm³/mol. The highest BCUT2D eigenvalue weighted by atomic mass is 35.5. The topological polar surface area (TPSA) is 58.6 Å². The maximum atomic E-state index is 12.5. The molecule has 0 saturated carbocycles. The highest BCUT2D eigenvalue weighted by Gasteiger charge is 2.34. The lowest BCUT2D eigenvalue weighted by atomic mass is 10.1. The standard InChI is InChI=1S/C19H18Cl2N2O3/c1-26-14-7-5-12(6-8-14)10-23-11-13(9-17(23)24)19(25)22-16-4-2-3-15(20)18(16)21/h2-8,13H,9-11H2,1H3,(H,22,25)/t13-/m0/s1. The Morgan fingerprint density at radius 2 is 1.96 bits per heavy atom. The molecule has 0 unspecified atom stereocenters. The van der Waals surface area contributed by atoms with Gasteiger partial charge in [0.1, 0.15) is 5.75 Å². The van der Waals surface area contributed by atoms with Crippen LogP contribution in [0.5, 0.6) is 5.75 Å². The normalized spacial score (nSPS) is 16.7. The van der Waals surface area contributed by atoms with Crippen LogP contribution in [0.25, 0.3) is 0 Å². The number of nitrogens with one attached hydrogen (secondary N) is 1. The van der Waals surface area contributed by atoms with Crippen LogP contribution < -0.4 is 10.1 Å². The summed E-state index contributed by atoms with van der Waals surface area (Å²) >= 11 is 12.1. The molecule has 2 aromatic rings. The molecule has 1 heterocycles. The van der Waals surface area contributed by atoms with E-state index in [2.05, 4.69) is 5.32 Å². The second-order valence-electron chi connectivity index (χ2n) is 6.11. The Hall–Kier alpha value is -2.24. The zero-order valence-corrected chi connectivity index (χ0v) is 15.7. The monoisotopic (exact) mass is 392 g/mol. The third-order valence-corrected chi connectivity index (χ3v) is 5.15. The number of hydrogen-bond acceptors (Lipinski definition) is 3. The Balaban J connectivity index is 1.63. The number of carbonyl (C=O) groups is 2. The molecular formula is C19H18Cl2N2O3. The highest BCUT2D eigenvalue weighted by Crippen LogP contribution is 2.30. The van der Waals surface area contributed by atoms with Crippen molar-refractivity contribution in [2.75, 3.05) is 19.0 Å². The van der Waals surface area contributed by atoms with Crippen LogP contribution in [0.4, 0.5) is 5.69 Å². The van der Waals surface area contributed by atoms with Crippen molar-refractivity contribution in [2.45, 2.75) is 13.0 Å². The van der Waals surface area contributed by atoms with Crippen LogP contribution in [-0.4, -0.2) is 30.4 Å². The van der Waals surface area contributed by atoms with Crippen molar-refractivity contribution in [2.24, 2.45) is 5.92 Å². The lowest BCUT2D eigenvalue weighted by molar-refractivity contribution is -0.128. The molecule has 136 valence electrons.